The van der Waals surface area contributed by atoms with Gasteiger partial charge in [-0.15, -0.1) is 0 Å². The van der Waals surface area contributed by atoms with E-state index in [0.717, 1.165) is 11.1 Å². The van der Waals surface area contributed by atoms with Crippen LogP contribution in [-0.4, -0.2) is 114 Å². The van der Waals surface area contributed by atoms with Gasteiger partial charge in [0.25, 0.3) is 0 Å². The van der Waals surface area contributed by atoms with E-state index in [1.807, 2.05) is 6.07 Å². The Hall–Kier alpha value is -2.10. The first-order valence-corrected chi connectivity index (χ1v) is 10.8. The Bertz CT molecular complexity index is 935. The second-order valence-corrected chi connectivity index (χ2v) is 8.31. The molecule has 0 amide bonds. The zero-order valence-electron chi connectivity index (χ0n) is 18.0. The van der Waals surface area contributed by atoms with Gasteiger partial charge in [0.1, 0.15) is 61.3 Å². The van der Waals surface area contributed by atoms with Gasteiger partial charge in [0, 0.05) is 18.0 Å². The van der Waals surface area contributed by atoms with Crippen LogP contribution in [0.15, 0.2) is 43.0 Å². The number of aromatic nitrogens is 2. The van der Waals surface area contributed by atoms with E-state index in [4.69, 9.17) is 14.2 Å². The molecule has 1 aromatic carbocycles. The fourth-order valence-electron chi connectivity index (χ4n) is 4.20. The molecular weight excluding hydrogens is 452 g/mol. The first-order valence-electron chi connectivity index (χ1n) is 10.8. The minimum absolute atomic E-state index is 0.515. The van der Waals surface area contributed by atoms with E-state index in [1.54, 1.807) is 30.6 Å². The molecule has 0 aliphatic carbocycles. The topological polar surface area (TPSA) is 195 Å². The lowest BCUT2D eigenvalue weighted by Gasteiger charge is -2.46. The van der Waals surface area contributed by atoms with Crippen molar-refractivity contribution in [2.45, 2.75) is 61.2 Å². The van der Waals surface area contributed by atoms with E-state index in [2.05, 4.69) is 9.97 Å². The lowest BCUT2D eigenvalue weighted by atomic mass is 9.89. The molecular formula is C22H28N2O10. The lowest BCUT2D eigenvalue weighted by Crippen LogP contribution is -2.63. The number of ether oxygens (including phenoxy) is 3. The van der Waals surface area contributed by atoms with Crippen LogP contribution in [0.4, 0.5) is 0 Å². The van der Waals surface area contributed by atoms with Gasteiger partial charge in [-0.2, -0.15) is 0 Å². The highest BCUT2D eigenvalue weighted by Gasteiger charge is 2.50. The van der Waals surface area contributed by atoms with Gasteiger partial charge in [0.15, 0.2) is 6.29 Å². The van der Waals surface area contributed by atoms with Crippen LogP contribution < -0.4 is 0 Å². The molecule has 3 heterocycles. The number of aliphatic hydroxyl groups is 7. The monoisotopic (exact) mass is 480 g/mol. The maximum Gasteiger partial charge on any atom is 0.187 e. The third-order valence-corrected chi connectivity index (χ3v) is 6.11. The lowest BCUT2D eigenvalue weighted by molar-refractivity contribution is -0.342. The van der Waals surface area contributed by atoms with E-state index in [-0.39, 0.29) is 0 Å². The molecule has 12 heteroatoms. The summed E-state index contributed by atoms with van der Waals surface area (Å²) in [6.07, 6.45) is -9.79. The van der Waals surface area contributed by atoms with Crippen molar-refractivity contribution in [1.82, 2.24) is 9.97 Å². The molecule has 2 aliphatic rings. The smallest absolute Gasteiger partial charge is 0.187 e. The van der Waals surface area contributed by atoms with Crippen molar-refractivity contribution in [1.29, 1.82) is 0 Å². The van der Waals surface area contributed by atoms with Crippen LogP contribution >= 0.6 is 0 Å². The Kier molecular flexibility index (Phi) is 7.84. The molecule has 10 atom stereocenters. The molecule has 7 N–H and O–H groups in total. The molecule has 186 valence electrons. The fourth-order valence-corrected chi connectivity index (χ4v) is 4.20. The van der Waals surface area contributed by atoms with E-state index < -0.39 is 74.4 Å². The molecule has 12 nitrogen and oxygen atoms in total. The molecule has 0 saturated carbocycles. The number of hydrogen-bond acceptors (Lipinski definition) is 12. The molecule has 2 fully saturated rings. The molecule has 0 unspecified atom stereocenters. The molecule has 2 saturated heterocycles. The fraction of sp³-hybridized carbons (Fsp3) is 0.545. The van der Waals surface area contributed by atoms with E-state index >= 15 is 0 Å². The predicted octanol–water partition coefficient (Wildman–Crippen LogP) is -2.52. The zero-order chi connectivity index (χ0) is 24.4. The van der Waals surface area contributed by atoms with Crippen LogP contribution in [0.2, 0.25) is 0 Å². The van der Waals surface area contributed by atoms with Crippen molar-refractivity contribution in [3.8, 4) is 11.1 Å². The molecule has 0 spiro atoms. The normalized spacial score (nSPS) is 38.6. The number of nitrogens with zero attached hydrogens (tertiary/aromatic N) is 2. The Balaban J connectivity index is 1.59. The molecule has 4 rings (SSSR count). The summed E-state index contributed by atoms with van der Waals surface area (Å²) < 4.78 is 16.8. The summed E-state index contributed by atoms with van der Waals surface area (Å²) in [6, 6.07) is 6.99. The minimum atomic E-state index is -1.73. The molecule has 2 aromatic rings. The summed E-state index contributed by atoms with van der Waals surface area (Å²) >= 11 is 0. The van der Waals surface area contributed by atoms with E-state index in [9.17, 15) is 35.7 Å². The van der Waals surface area contributed by atoms with Crippen molar-refractivity contribution >= 4 is 0 Å². The van der Waals surface area contributed by atoms with Gasteiger partial charge in [-0.3, -0.25) is 0 Å². The summed E-state index contributed by atoms with van der Waals surface area (Å²) in [5.74, 6) is 0. The van der Waals surface area contributed by atoms with Crippen molar-refractivity contribution < 1.29 is 50.0 Å². The molecule has 0 radical (unpaired) electrons. The summed E-state index contributed by atoms with van der Waals surface area (Å²) in [5, 5.41) is 71.2. The van der Waals surface area contributed by atoms with Crippen LogP contribution in [-0.2, 0) is 14.2 Å². The Labute approximate surface area is 194 Å². The number of benzene rings is 1. The third-order valence-electron chi connectivity index (χ3n) is 6.11. The van der Waals surface area contributed by atoms with Gasteiger partial charge in [-0.1, -0.05) is 18.2 Å². The Morgan fingerprint density at radius 2 is 1.44 bits per heavy atom. The Morgan fingerprint density at radius 1 is 0.765 bits per heavy atom. The van der Waals surface area contributed by atoms with Gasteiger partial charge >= 0.3 is 0 Å². The maximum absolute atomic E-state index is 11.1. The van der Waals surface area contributed by atoms with Crippen LogP contribution in [0.5, 0.6) is 0 Å². The van der Waals surface area contributed by atoms with Crippen molar-refractivity contribution in [3.05, 3.63) is 48.5 Å². The molecule has 34 heavy (non-hydrogen) atoms. The van der Waals surface area contributed by atoms with Gasteiger partial charge in [0.05, 0.1) is 13.2 Å². The van der Waals surface area contributed by atoms with Crippen molar-refractivity contribution in [2.75, 3.05) is 13.2 Å². The van der Waals surface area contributed by atoms with Crippen LogP contribution in [0.3, 0.4) is 0 Å². The second kappa shape index (κ2) is 10.7. The minimum Gasteiger partial charge on any atom is -0.394 e. The number of rotatable bonds is 6. The van der Waals surface area contributed by atoms with Gasteiger partial charge in [-0.25, -0.2) is 9.97 Å². The van der Waals surface area contributed by atoms with Gasteiger partial charge in [-0.05, 0) is 17.2 Å². The average molecular weight is 480 g/mol. The molecule has 2 aliphatic heterocycles. The van der Waals surface area contributed by atoms with Crippen LogP contribution in [0.1, 0.15) is 11.7 Å². The summed E-state index contributed by atoms with van der Waals surface area (Å²) in [5.41, 5.74) is 1.98. The van der Waals surface area contributed by atoms with Gasteiger partial charge in [0.2, 0.25) is 0 Å². The highest BCUT2D eigenvalue weighted by Crippen LogP contribution is 2.36. The highest BCUT2D eigenvalue weighted by molar-refractivity contribution is 5.62. The predicted molar refractivity (Wildman–Crippen MR) is 113 cm³/mol. The van der Waals surface area contributed by atoms with Crippen LogP contribution in [0.25, 0.3) is 11.1 Å². The first-order chi connectivity index (χ1) is 16.3. The van der Waals surface area contributed by atoms with Crippen molar-refractivity contribution in [2.24, 2.45) is 0 Å². The van der Waals surface area contributed by atoms with Crippen LogP contribution in [0, 0.1) is 0 Å². The van der Waals surface area contributed by atoms with Crippen molar-refractivity contribution in [3.63, 3.8) is 0 Å². The zero-order valence-corrected chi connectivity index (χ0v) is 18.0. The standard InChI is InChI=1S/C22H28N2O10/c25-7-13-15(27)17(29)18(30)22(33-13)34-21-16(28)14(8-26)32-20(19(21)31)11-3-1-2-10(4-11)12-5-23-9-24-6-12/h1-6,9,13-22,25-31H,7-8H2/t13-,14-,15-,16+,17+,18+,19+,20-,21+,22-/m1/s1. The molecule has 0 bridgehead atoms. The largest absolute Gasteiger partial charge is 0.394 e. The maximum atomic E-state index is 11.1. The quantitative estimate of drug-likeness (QED) is 0.230. The SMILES string of the molecule is OC[C@H]1O[C@H](c2cccc(-c3cncnc3)c2)[C@H](O)[C@@H](O[C@H]2O[C@H](CO)[C@@H](O)[C@H](O)[C@@H]2O)[C@H]1O. The third kappa shape index (κ3) is 4.83. The van der Waals surface area contributed by atoms with Gasteiger partial charge < -0.3 is 50.0 Å². The highest BCUT2D eigenvalue weighted by atomic mass is 16.7. The second-order valence-electron chi connectivity index (χ2n) is 8.31. The van der Waals surface area contributed by atoms with E-state index in [1.165, 1.54) is 6.33 Å². The Morgan fingerprint density at radius 3 is 2.12 bits per heavy atom. The summed E-state index contributed by atoms with van der Waals surface area (Å²) in [6.45, 7) is -1.26. The summed E-state index contributed by atoms with van der Waals surface area (Å²) in [4.78, 5) is 7.98. The number of aliphatic hydroxyl groups excluding tert-OH is 7. The summed E-state index contributed by atoms with van der Waals surface area (Å²) in [7, 11) is 0. The number of hydrogen-bond donors (Lipinski definition) is 7. The van der Waals surface area contributed by atoms with E-state index in [0.29, 0.717) is 5.56 Å². The molecule has 1 aromatic heterocycles. The average Bonchev–Trinajstić information content (AvgIpc) is 2.87. The first kappa shape index (κ1) is 25.0.